The van der Waals surface area contributed by atoms with Crippen LogP contribution in [0.1, 0.15) is 24.1 Å². The summed E-state index contributed by atoms with van der Waals surface area (Å²) in [5.41, 5.74) is 7.32. The molecule has 4 nitrogen and oxygen atoms in total. The zero-order valence-electron chi connectivity index (χ0n) is 12.5. The molecule has 5 heteroatoms. The van der Waals surface area contributed by atoms with Gasteiger partial charge in [0.1, 0.15) is 18.3 Å². The molecule has 22 heavy (non-hydrogen) atoms. The number of carbonyl (C=O) groups excluding carboxylic acids is 1. The Hall–Kier alpha value is -2.04. The van der Waals surface area contributed by atoms with E-state index >= 15 is 0 Å². The standard InChI is InChI=1S/C17H19ClN2O2/c1-12(13-5-3-2-4-6-13)20-10-14-9-15(18)7-8-16(14)22-11-17(19)21/h2-9,12,20H,10-11H2,1H3,(H2,19,21)/p+1/t12-/m0/s1. The first-order valence-electron chi connectivity index (χ1n) is 7.14. The van der Waals surface area contributed by atoms with E-state index in [4.69, 9.17) is 22.1 Å². The molecule has 0 radical (unpaired) electrons. The molecule has 116 valence electrons. The molecule has 0 heterocycles. The number of hydrogen-bond donors (Lipinski definition) is 2. The number of benzene rings is 2. The maximum atomic E-state index is 10.9. The molecule has 0 aromatic heterocycles. The van der Waals surface area contributed by atoms with Crippen LogP contribution in [0, 0.1) is 0 Å². The van der Waals surface area contributed by atoms with E-state index in [0.29, 0.717) is 23.4 Å². The third kappa shape index (κ3) is 4.76. The summed E-state index contributed by atoms with van der Waals surface area (Å²) < 4.78 is 5.44. The largest absolute Gasteiger partial charge is 0.483 e. The van der Waals surface area contributed by atoms with Gasteiger partial charge in [-0.3, -0.25) is 4.79 Å². The van der Waals surface area contributed by atoms with Crippen LogP contribution in [0.5, 0.6) is 5.75 Å². The van der Waals surface area contributed by atoms with Crippen LogP contribution in [0.2, 0.25) is 5.02 Å². The SMILES string of the molecule is C[C@H]([NH2+]Cc1cc(Cl)ccc1OCC(N)=O)c1ccccc1. The molecule has 0 saturated carbocycles. The molecule has 0 saturated heterocycles. The molecule has 1 amide bonds. The van der Waals surface area contributed by atoms with Gasteiger partial charge in [0.2, 0.25) is 0 Å². The number of primary amides is 1. The van der Waals surface area contributed by atoms with E-state index in [1.54, 1.807) is 12.1 Å². The highest BCUT2D eigenvalue weighted by atomic mass is 35.5. The van der Waals surface area contributed by atoms with Crippen molar-refractivity contribution in [2.24, 2.45) is 5.73 Å². The second-order valence-corrected chi connectivity index (χ2v) is 5.58. The lowest BCUT2D eigenvalue weighted by Crippen LogP contribution is -2.83. The number of nitrogens with two attached hydrogens (primary N) is 2. The van der Waals surface area contributed by atoms with Crippen LogP contribution >= 0.6 is 11.6 Å². The van der Waals surface area contributed by atoms with Gasteiger partial charge in [-0.2, -0.15) is 0 Å². The van der Waals surface area contributed by atoms with Crippen LogP contribution in [0.15, 0.2) is 48.5 Å². The third-order valence-corrected chi connectivity index (χ3v) is 3.64. The Bertz CT molecular complexity index is 632. The Morgan fingerprint density at radius 2 is 2.00 bits per heavy atom. The number of amides is 1. The molecular weight excluding hydrogens is 300 g/mol. The van der Waals surface area contributed by atoms with Crippen LogP contribution in [-0.2, 0) is 11.3 Å². The lowest BCUT2D eigenvalue weighted by atomic mass is 10.1. The molecule has 2 rings (SSSR count). The fraction of sp³-hybridized carbons (Fsp3) is 0.235. The average Bonchev–Trinajstić information content (AvgIpc) is 2.52. The van der Waals surface area contributed by atoms with Crippen LogP contribution in [0.4, 0.5) is 0 Å². The zero-order valence-corrected chi connectivity index (χ0v) is 13.2. The predicted molar refractivity (Wildman–Crippen MR) is 86.6 cm³/mol. The number of quaternary nitrogens is 1. The molecule has 0 spiro atoms. The van der Waals surface area contributed by atoms with Crippen molar-refractivity contribution in [3.63, 3.8) is 0 Å². The van der Waals surface area contributed by atoms with Crippen molar-refractivity contribution in [3.8, 4) is 5.75 Å². The summed E-state index contributed by atoms with van der Waals surface area (Å²) >= 11 is 6.05. The smallest absolute Gasteiger partial charge is 0.255 e. The van der Waals surface area contributed by atoms with E-state index in [0.717, 1.165) is 5.56 Å². The molecule has 0 aliphatic rings. The van der Waals surface area contributed by atoms with Gasteiger partial charge >= 0.3 is 0 Å². The average molecular weight is 320 g/mol. The third-order valence-electron chi connectivity index (χ3n) is 3.41. The van der Waals surface area contributed by atoms with Crippen molar-refractivity contribution in [1.82, 2.24) is 0 Å². The topological polar surface area (TPSA) is 68.9 Å². The van der Waals surface area contributed by atoms with Crippen molar-refractivity contribution in [3.05, 3.63) is 64.7 Å². The van der Waals surface area contributed by atoms with E-state index in [9.17, 15) is 4.79 Å². The Balaban J connectivity index is 2.04. The fourth-order valence-corrected chi connectivity index (χ4v) is 2.39. The van der Waals surface area contributed by atoms with Crippen LogP contribution in [0.25, 0.3) is 0 Å². The summed E-state index contributed by atoms with van der Waals surface area (Å²) in [5.74, 6) is 0.141. The summed E-state index contributed by atoms with van der Waals surface area (Å²) in [6.45, 7) is 2.71. The highest BCUT2D eigenvalue weighted by Crippen LogP contribution is 2.22. The quantitative estimate of drug-likeness (QED) is 0.820. The van der Waals surface area contributed by atoms with Gasteiger partial charge in [0.15, 0.2) is 6.61 Å². The Morgan fingerprint density at radius 1 is 1.27 bits per heavy atom. The van der Waals surface area contributed by atoms with E-state index < -0.39 is 5.91 Å². The number of hydrogen-bond acceptors (Lipinski definition) is 2. The van der Waals surface area contributed by atoms with Crippen LogP contribution in [-0.4, -0.2) is 12.5 Å². The molecule has 0 fully saturated rings. The van der Waals surface area contributed by atoms with Crippen molar-refractivity contribution >= 4 is 17.5 Å². The minimum atomic E-state index is -0.498. The van der Waals surface area contributed by atoms with Gasteiger partial charge in [0, 0.05) is 16.1 Å². The van der Waals surface area contributed by atoms with Gasteiger partial charge < -0.3 is 15.8 Å². The molecule has 0 bridgehead atoms. The first kappa shape index (κ1) is 16.3. The summed E-state index contributed by atoms with van der Waals surface area (Å²) in [5, 5.41) is 2.83. The van der Waals surface area contributed by atoms with Gasteiger partial charge in [-0.1, -0.05) is 41.9 Å². The Morgan fingerprint density at radius 3 is 2.68 bits per heavy atom. The minimum Gasteiger partial charge on any atom is -0.483 e. The van der Waals surface area contributed by atoms with Crippen LogP contribution < -0.4 is 15.8 Å². The Labute approximate surface area is 135 Å². The van der Waals surface area contributed by atoms with E-state index in [1.807, 2.05) is 24.3 Å². The molecule has 0 unspecified atom stereocenters. The molecular formula is C17H20ClN2O2+. The first-order valence-corrected chi connectivity index (χ1v) is 7.52. The zero-order chi connectivity index (χ0) is 15.9. The van der Waals surface area contributed by atoms with E-state index in [1.165, 1.54) is 5.56 Å². The van der Waals surface area contributed by atoms with Gasteiger partial charge in [0.25, 0.3) is 5.91 Å². The van der Waals surface area contributed by atoms with Crippen molar-refractivity contribution in [1.29, 1.82) is 0 Å². The molecule has 2 aromatic rings. The van der Waals surface area contributed by atoms with Crippen molar-refractivity contribution in [2.45, 2.75) is 19.5 Å². The monoisotopic (exact) mass is 319 g/mol. The number of halogens is 1. The summed E-state index contributed by atoms with van der Waals surface area (Å²) in [4.78, 5) is 10.9. The van der Waals surface area contributed by atoms with Crippen molar-refractivity contribution < 1.29 is 14.8 Å². The lowest BCUT2D eigenvalue weighted by molar-refractivity contribution is -0.708. The van der Waals surface area contributed by atoms with E-state index in [2.05, 4.69) is 24.4 Å². The number of rotatable bonds is 7. The highest BCUT2D eigenvalue weighted by molar-refractivity contribution is 6.30. The summed E-state index contributed by atoms with van der Waals surface area (Å²) in [6, 6.07) is 15.9. The Kier molecular flexibility index (Phi) is 5.81. The second-order valence-electron chi connectivity index (χ2n) is 5.15. The normalized spacial score (nSPS) is 11.9. The van der Waals surface area contributed by atoms with Gasteiger partial charge in [0.05, 0.1) is 0 Å². The summed E-state index contributed by atoms with van der Waals surface area (Å²) in [7, 11) is 0. The maximum absolute atomic E-state index is 10.9. The van der Waals surface area contributed by atoms with Crippen molar-refractivity contribution in [2.75, 3.05) is 6.61 Å². The molecule has 1 atom stereocenters. The summed E-state index contributed by atoms with van der Waals surface area (Å²) in [6.07, 6.45) is 0. The number of ether oxygens (including phenoxy) is 1. The molecule has 0 aliphatic heterocycles. The second kappa shape index (κ2) is 7.82. The predicted octanol–water partition coefficient (Wildman–Crippen LogP) is 2.03. The molecule has 2 aromatic carbocycles. The number of carbonyl (C=O) groups is 1. The van der Waals surface area contributed by atoms with Gasteiger partial charge in [-0.15, -0.1) is 0 Å². The van der Waals surface area contributed by atoms with E-state index in [-0.39, 0.29) is 6.61 Å². The lowest BCUT2D eigenvalue weighted by Gasteiger charge is -2.14. The van der Waals surface area contributed by atoms with Gasteiger partial charge in [-0.05, 0) is 25.1 Å². The van der Waals surface area contributed by atoms with Gasteiger partial charge in [-0.25, -0.2) is 0 Å². The first-order chi connectivity index (χ1) is 10.6. The molecule has 4 N–H and O–H groups in total. The minimum absolute atomic E-state index is 0.136. The van der Waals surface area contributed by atoms with Crippen LogP contribution in [0.3, 0.4) is 0 Å². The fourth-order valence-electron chi connectivity index (χ4n) is 2.19. The molecule has 0 aliphatic carbocycles. The highest BCUT2D eigenvalue weighted by Gasteiger charge is 2.12. The maximum Gasteiger partial charge on any atom is 0.255 e.